The number of aromatic nitrogens is 1. The van der Waals surface area contributed by atoms with Gasteiger partial charge in [-0.3, -0.25) is 9.69 Å². The third-order valence-corrected chi connectivity index (χ3v) is 7.78. The van der Waals surface area contributed by atoms with Crippen molar-refractivity contribution >= 4 is 35.7 Å². The van der Waals surface area contributed by atoms with Crippen molar-refractivity contribution in [2.75, 3.05) is 18.2 Å². The second kappa shape index (κ2) is 6.83. The Hall–Kier alpha value is -1.50. The van der Waals surface area contributed by atoms with Crippen molar-refractivity contribution < 1.29 is 9.53 Å². The van der Waals surface area contributed by atoms with Crippen molar-refractivity contribution in [3.8, 4) is 0 Å². The van der Waals surface area contributed by atoms with Crippen molar-refractivity contribution in [3.05, 3.63) is 57.7 Å². The van der Waals surface area contributed by atoms with Crippen LogP contribution in [-0.2, 0) is 27.8 Å². The number of hydrogen-bond donors (Lipinski definition) is 0. The van der Waals surface area contributed by atoms with E-state index in [1.54, 1.807) is 11.1 Å². The molecule has 0 fully saturated rings. The normalized spacial score (nSPS) is 21.0. The van der Waals surface area contributed by atoms with Gasteiger partial charge in [-0.05, 0) is 48.2 Å². The van der Waals surface area contributed by atoms with Crippen molar-refractivity contribution in [2.45, 2.75) is 43.9 Å². The highest BCUT2D eigenvalue weighted by Gasteiger charge is 2.54. The van der Waals surface area contributed by atoms with Crippen molar-refractivity contribution in [1.29, 1.82) is 0 Å². The zero-order valence-electron chi connectivity index (χ0n) is 16.1. The molecule has 1 aromatic heterocycles. The lowest BCUT2D eigenvalue weighted by atomic mass is 9.79. The van der Waals surface area contributed by atoms with Crippen LogP contribution in [0.2, 0.25) is 25.7 Å². The number of hydrogen-bond acceptors (Lipinski definition) is 3. The minimum Gasteiger partial charge on any atom is -0.361 e. The van der Waals surface area contributed by atoms with Gasteiger partial charge in [0.05, 0.1) is 5.41 Å². The van der Waals surface area contributed by atoms with Gasteiger partial charge in [-0.25, -0.2) is 4.98 Å². The van der Waals surface area contributed by atoms with Crippen LogP contribution >= 0.6 is 15.9 Å². The van der Waals surface area contributed by atoms with Gasteiger partial charge in [0.2, 0.25) is 5.91 Å². The molecule has 1 aliphatic heterocycles. The molecule has 142 valence electrons. The van der Waals surface area contributed by atoms with Crippen LogP contribution < -0.4 is 4.90 Å². The fourth-order valence-electron chi connectivity index (χ4n) is 4.10. The summed E-state index contributed by atoms with van der Waals surface area (Å²) < 4.78 is 6.97. The summed E-state index contributed by atoms with van der Waals surface area (Å²) in [6.45, 7) is 7.97. The van der Waals surface area contributed by atoms with E-state index in [1.807, 2.05) is 6.07 Å². The van der Waals surface area contributed by atoms with Crippen molar-refractivity contribution in [2.24, 2.45) is 0 Å². The molecular weight excluding hydrogens is 420 g/mol. The van der Waals surface area contributed by atoms with Crippen LogP contribution in [0.4, 0.5) is 5.82 Å². The molecular formula is C21H25BrN2O2Si. The van der Waals surface area contributed by atoms with Gasteiger partial charge in [0, 0.05) is 30.9 Å². The predicted molar refractivity (Wildman–Crippen MR) is 114 cm³/mol. The first-order chi connectivity index (χ1) is 12.8. The number of nitrogens with zero attached hydrogens (tertiary/aromatic N) is 2. The standard InChI is InChI=1S/C21H25BrN2O2Si/c1-27(2,3)10-9-26-14-24-19-18(5-4-8-23-19)21(20(24)25)12-15-6-7-17(22)11-16(15)13-21/h4-8,11H,9-10,12-14H2,1-3H3/t21-/m1/s1. The van der Waals surface area contributed by atoms with E-state index < -0.39 is 13.5 Å². The number of halogens is 1. The molecule has 0 unspecified atom stereocenters. The van der Waals surface area contributed by atoms with E-state index in [1.165, 1.54) is 11.1 Å². The number of anilines is 1. The van der Waals surface area contributed by atoms with Crippen LogP contribution in [0.15, 0.2) is 41.0 Å². The van der Waals surface area contributed by atoms with Crippen molar-refractivity contribution in [3.63, 3.8) is 0 Å². The molecule has 0 saturated carbocycles. The number of benzene rings is 1. The Labute approximate surface area is 170 Å². The molecule has 2 aromatic rings. The molecule has 1 atom stereocenters. The first-order valence-corrected chi connectivity index (χ1v) is 13.9. The van der Waals surface area contributed by atoms with E-state index in [0.717, 1.165) is 34.7 Å². The fraction of sp³-hybridized carbons (Fsp3) is 0.429. The Balaban J connectivity index is 1.60. The first kappa shape index (κ1) is 18.8. The van der Waals surface area contributed by atoms with Crippen molar-refractivity contribution in [1.82, 2.24) is 4.98 Å². The topological polar surface area (TPSA) is 42.4 Å². The summed E-state index contributed by atoms with van der Waals surface area (Å²) in [5.74, 6) is 0.888. The highest BCUT2D eigenvalue weighted by Crippen LogP contribution is 2.49. The third kappa shape index (κ3) is 3.39. The molecule has 1 aromatic carbocycles. The summed E-state index contributed by atoms with van der Waals surface area (Å²) in [6.07, 6.45) is 3.22. The lowest BCUT2D eigenvalue weighted by Crippen LogP contribution is -2.42. The van der Waals surface area contributed by atoms with Crippen LogP contribution in [0.1, 0.15) is 16.7 Å². The van der Waals surface area contributed by atoms with Crippen LogP contribution in [-0.4, -0.2) is 32.3 Å². The van der Waals surface area contributed by atoms with Gasteiger partial charge >= 0.3 is 0 Å². The molecule has 1 amide bonds. The highest BCUT2D eigenvalue weighted by molar-refractivity contribution is 9.10. The second-order valence-corrected chi connectivity index (χ2v) is 15.3. The van der Waals surface area contributed by atoms with Gasteiger partial charge in [-0.15, -0.1) is 0 Å². The molecule has 2 aliphatic rings. The van der Waals surface area contributed by atoms with E-state index in [-0.39, 0.29) is 12.6 Å². The number of amides is 1. The monoisotopic (exact) mass is 444 g/mol. The first-order valence-electron chi connectivity index (χ1n) is 9.43. The minimum atomic E-state index is -1.15. The molecule has 1 aliphatic carbocycles. The molecule has 6 heteroatoms. The molecule has 4 nitrogen and oxygen atoms in total. The van der Waals surface area contributed by atoms with Gasteiger partial charge in [-0.1, -0.05) is 47.7 Å². The number of carbonyl (C=O) groups excluding carboxylic acids is 1. The number of carbonyl (C=O) groups is 1. The smallest absolute Gasteiger partial charge is 0.241 e. The van der Waals surface area contributed by atoms with Gasteiger partial charge in [-0.2, -0.15) is 0 Å². The van der Waals surface area contributed by atoms with Gasteiger partial charge < -0.3 is 4.74 Å². The Morgan fingerprint density at radius 2 is 2.00 bits per heavy atom. The summed E-state index contributed by atoms with van der Waals surface area (Å²) >= 11 is 3.55. The zero-order chi connectivity index (χ0) is 19.2. The average molecular weight is 445 g/mol. The van der Waals surface area contributed by atoms with Crippen LogP contribution in [0, 0.1) is 0 Å². The molecule has 27 heavy (non-hydrogen) atoms. The molecule has 1 spiro atoms. The predicted octanol–water partition coefficient (Wildman–Crippen LogP) is 4.54. The van der Waals surface area contributed by atoms with E-state index in [4.69, 9.17) is 4.74 Å². The van der Waals surface area contributed by atoms with Gasteiger partial charge in [0.25, 0.3) is 0 Å². The van der Waals surface area contributed by atoms with Crippen LogP contribution in [0.25, 0.3) is 0 Å². The van der Waals surface area contributed by atoms with E-state index in [9.17, 15) is 4.79 Å². The quantitative estimate of drug-likeness (QED) is 0.501. The van der Waals surface area contributed by atoms with E-state index in [0.29, 0.717) is 6.61 Å². The van der Waals surface area contributed by atoms with E-state index in [2.05, 4.69) is 64.8 Å². The highest BCUT2D eigenvalue weighted by atomic mass is 79.9. The maximum Gasteiger partial charge on any atom is 0.241 e. The SMILES string of the molecule is C[Si](C)(C)CCOCN1C(=O)[C@@]2(Cc3ccc(Br)cc3C2)c2cccnc21. The lowest BCUT2D eigenvalue weighted by molar-refractivity contribution is -0.124. The second-order valence-electron chi connectivity index (χ2n) is 8.80. The Morgan fingerprint density at radius 1 is 1.22 bits per heavy atom. The summed E-state index contributed by atoms with van der Waals surface area (Å²) in [5.41, 5.74) is 3.00. The Morgan fingerprint density at radius 3 is 2.78 bits per heavy atom. The Bertz CT molecular complexity index is 896. The number of rotatable bonds is 5. The Kier molecular flexibility index (Phi) is 4.77. The van der Waals surface area contributed by atoms with Crippen LogP contribution in [0.3, 0.4) is 0 Å². The van der Waals surface area contributed by atoms with Crippen LogP contribution in [0.5, 0.6) is 0 Å². The molecule has 0 N–H and O–H groups in total. The largest absolute Gasteiger partial charge is 0.361 e. The number of fused-ring (bicyclic) bond motifs is 3. The summed E-state index contributed by atoms with van der Waals surface area (Å²) in [6, 6.07) is 11.4. The van der Waals surface area contributed by atoms with E-state index >= 15 is 0 Å². The summed E-state index contributed by atoms with van der Waals surface area (Å²) in [7, 11) is -1.15. The maximum atomic E-state index is 13.5. The maximum absolute atomic E-state index is 13.5. The number of ether oxygens (including phenoxy) is 1. The third-order valence-electron chi connectivity index (χ3n) is 5.58. The minimum absolute atomic E-state index is 0.122. The fourth-order valence-corrected chi connectivity index (χ4v) is 5.26. The van der Waals surface area contributed by atoms with Gasteiger partial charge in [0.1, 0.15) is 12.5 Å². The number of pyridine rings is 1. The van der Waals surface area contributed by atoms with Gasteiger partial charge in [0.15, 0.2) is 0 Å². The summed E-state index contributed by atoms with van der Waals surface area (Å²) in [4.78, 5) is 19.8. The zero-order valence-corrected chi connectivity index (χ0v) is 18.7. The molecule has 2 heterocycles. The average Bonchev–Trinajstić information content (AvgIpc) is 3.09. The molecule has 0 radical (unpaired) electrons. The summed E-state index contributed by atoms with van der Waals surface area (Å²) in [5, 5.41) is 0. The molecule has 0 saturated heterocycles. The molecule has 4 rings (SSSR count). The molecule has 0 bridgehead atoms. The lowest BCUT2D eigenvalue weighted by Gasteiger charge is -2.23.